The van der Waals surface area contributed by atoms with Crippen molar-refractivity contribution in [3.63, 3.8) is 0 Å². The standard InChI is InChI=1S/C9H16FNO2/c1-9(2)7(4-6-13-9)11-8(12)3-5-10/h7H,3-6H2,1-2H3,(H,11,12). The maximum Gasteiger partial charge on any atom is 0.222 e. The lowest BCUT2D eigenvalue weighted by molar-refractivity contribution is -0.123. The van der Waals surface area contributed by atoms with Crippen molar-refractivity contribution in [3.05, 3.63) is 0 Å². The van der Waals surface area contributed by atoms with Crippen LogP contribution >= 0.6 is 0 Å². The molecule has 0 spiro atoms. The van der Waals surface area contributed by atoms with Crippen LogP contribution < -0.4 is 5.32 Å². The molecule has 1 heterocycles. The molecular formula is C9H16FNO2. The van der Waals surface area contributed by atoms with Gasteiger partial charge >= 0.3 is 0 Å². The molecule has 1 atom stereocenters. The highest BCUT2D eigenvalue weighted by atomic mass is 19.1. The Bertz CT molecular complexity index is 194. The molecule has 1 N–H and O–H groups in total. The lowest BCUT2D eigenvalue weighted by Crippen LogP contribution is -2.46. The molecule has 4 heteroatoms. The summed E-state index contributed by atoms with van der Waals surface area (Å²) in [6, 6.07) is 0.0200. The van der Waals surface area contributed by atoms with Crippen molar-refractivity contribution in [1.82, 2.24) is 5.32 Å². The molecule has 0 aromatic rings. The van der Waals surface area contributed by atoms with Gasteiger partial charge in [0.25, 0.3) is 0 Å². The number of hydrogen-bond donors (Lipinski definition) is 1. The van der Waals surface area contributed by atoms with E-state index in [2.05, 4.69) is 5.32 Å². The van der Waals surface area contributed by atoms with Crippen molar-refractivity contribution in [2.45, 2.75) is 38.3 Å². The molecular weight excluding hydrogens is 173 g/mol. The Labute approximate surface area is 77.6 Å². The monoisotopic (exact) mass is 189 g/mol. The average Bonchev–Trinajstić information content (AvgIpc) is 2.31. The Hall–Kier alpha value is -0.640. The van der Waals surface area contributed by atoms with Crippen LogP contribution in [0.25, 0.3) is 0 Å². The number of ether oxygens (including phenoxy) is 1. The predicted octanol–water partition coefficient (Wildman–Crippen LogP) is 1.03. The summed E-state index contributed by atoms with van der Waals surface area (Å²) in [5.74, 6) is -0.230. The second-order valence-corrected chi connectivity index (χ2v) is 3.80. The van der Waals surface area contributed by atoms with Crippen LogP contribution in [0.4, 0.5) is 4.39 Å². The van der Waals surface area contributed by atoms with Crippen molar-refractivity contribution in [2.24, 2.45) is 0 Å². The van der Waals surface area contributed by atoms with Gasteiger partial charge in [-0.3, -0.25) is 9.18 Å². The second kappa shape index (κ2) is 4.05. The minimum absolute atomic E-state index is 0.0200. The highest BCUT2D eigenvalue weighted by molar-refractivity contribution is 5.76. The van der Waals surface area contributed by atoms with E-state index in [9.17, 15) is 9.18 Å². The maximum atomic E-state index is 11.8. The van der Waals surface area contributed by atoms with Gasteiger partial charge in [0.2, 0.25) is 5.91 Å². The van der Waals surface area contributed by atoms with E-state index in [1.54, 1.807) is 0 Å². The lowest BCUT2D eigenvalue weighted by Gasteiger charge is -2.26. The first kappa shape index (κ1) is 10.4. The Morgan fingerprint density at radius 3 is 2.85 bits per heavy atom. The van der Waals surface area contributed by atoms with E-state index in [1.807, 2.05) is 13.8 Å². The fourth-order valence-electron chi connectivity index (χ4n) is 1.49. The van der Waals surface area contributed by atoms with Crippen LogP contribution in [-0.4, -0.2) is 30.8 Å². The molecule has 1 aliphatic heterocycles. The molecule has 0 aromatic heterocycles. The summed E-state index contributed by atoms with van der Waals surface area (Å²) in [6.07, 6.45) is 0.762. The van der Waals surface area contributed by atoms with Crippen molar-refractivity contribution >= 4 is 5.91 Å². The summed E-state index contributed by atoms with van der Waals surface area (Å²) >= 11 is 0. The molecule has 1 amide bonds. The van der Waals surface area contributed by atoms with Crippen molar-refractivity contribution in [2.75, 3.05) is 13.3 Å². The van der Waals surface area contributed by atoms with Gasteiger partial charge in [-0.1, -0.05) is 0 Å². The van der Waals surface area contributed by atoms with E-state index >= 15 is 0 Å². The molecule has 1 fully saturated rings. The van der Waals surface area contributed by atoms with E-state index in [-0.39, 0.29) is 24.0 Å². The molecule has 13 heavy (non-hydrogen) atoms. The molecule has 3 nitrogen and oxygen atoms in total. The second-order valence-electron chi connectivity index (χ2n) is 3.80. The molecule has 1 unspecified atom stereocenters. The fraction of sp³-hybridized carbons (Fsp3) is 0.889. The summed E-state index contributed by atoms with van der Waals surface area (Å²) in [5, 5.41) is 2.77. The molecule has 0 saturated carbocycles. The molecule has 1 saturated heterocycles. The van der Waals surface area contributed by atoms with E-state index in [0.717, 1.165) is 6.42 Å². The first-order valence-electron chi connectivity index (χ1n) is 4.55. The van der Waals surface area contributed by atoms with Gasteiger partial charge in [-0.25, -0.2) is 0 Å². The number of carbonyl (C=O) groups excluding carboxylic acids is 1. The normalized spacial score (nSPS) is 25.9. The minimum Gasteiger partial charge on any atom is -0.373 e. The number of carbonyl (C=O) groups is 1. The number of alkyl halides is 1. The van der Waals surface area contributed by atoms with Gasteiger partial charge in [0.15, 0.2) is 0 Å². The summed E-state index contributed by atoms with van der Waals surface area (Å²) in [4.78, 5) is 11.1. The van der Waals surface area contributed by atoms with Crippen molar-refractivity contribution in [3.8, 4) is 0 Å². The number of halogens is 1. The maximum absolute atomic E-state index is 11.8. The third-order valence-electron chi connectivity index (χ3n) is 2.38. The zero-order valence-electron chi connectivity index (χ0n) is 8.10. The van der Waals surface area contributed by atoms with Gasteiger partial charge in [0, 0.05) is 6.61 Å². The van der Waals surface area contributed by atoms with Crippen LogP contribution in [0.3, 0.4) is 0 Å². The third kappa shape index (κ3) is 2.66. The Kier molecular flexibility index (Phi) is 3.25. The lowest BCUT2D eigenvalue weighted by atomic mass is 9.99. The van der Waals surface area contributed by atoms with E-state index in [0.29, 0.717) is 6.61 Å². The number of hydrogen-bond acceptors (Lipinski definition) is 2. The summed E-state index contributed by atoms with van der Waals surface area (Å²) in [6.45, 7) is 3.92. The van der Waals surface area contributed by atoms with E-state index < -0.39 is 6.67 Å². The fourth-order valence-corrected chi connectivity index (χ4v) is 1.49. The zero-order chi connectivity index (χ0) is 9.90. The smallest absolute Gasteiger partial charge is 0.222 e. The Balaban J connectivity index is 2.40. The highest BCUT2D eigenvalue weighted by Gasteiger charge is 2.36. The van der Waals surface area contributed by atoms with Gasteiger partial charge in [-0.2, -0.15) is 0 Å². The molecule has 1 rings (SSSR count). The number of amides is 1. The quantitative estimate of drug-likeness (QED) is 0.720. The summed E-state index contributed by atoms with van der Waals surface area (Å²) in [7, 11) is 0. The molecule has 76 valence electrons. The Morgan fingerprint density at radius 1 is 1.69 bits per heavy atom. The molecule has 1 aliphatic rings. The van der Waals surface area contributed by atoms with Gasteiger partial charge in [0.1, 0.15) is 0 Å². The van der Waals surface area contributed by atoms with Crippen molar-refractivity contribution in [1.29, 1.82) is 0 Å². The number of rotatable bonds is 3. The van der Waals surface area contributed by atoms with Crippen LogP contribution in [0.5, 0.6) is 0 Å². The molecule has 0 bridgehead atoms. The van der Waals surface area contributed by atoms with E-state index in [4.69, 9.17) is 4.74 Å². The SMILES string of the molecule is CC1(C)OCCC1NC(=O)CCF. The van der Waals surface area contributed by atoms with Gasteiger partial charge in [-0.05, 0) is 20.3 Å². The first-order chi connectivity index (χ1) is 6.06. The largest absolute Gasteiger partial charge is 0.373 e. The van der Waals surface area contributed by atoms with Gasteiger partial charge in [-0.15, -0.1) is 0 Å². The minimum atomic E-state index is -0.597. The van der Waals surface area contributed by atoms with Crippen LogP contribution in [0, 0.1) is 0 Å². The van der Waals surface area contributed by atoms with Gasteiger partial charge in [0.05, 0.1) is 24.7 Å². The first-order valence-corrected chi connectivity index (χ1v) is 4.55. The van der Waals surface area contributed by atoms with Gasteiger partial charge < -0.3 is 10.1 Å². The topological polar surface area (TPSA) is 38.3 Å². The Morgan fingerprint density at radius 2 is 2.38 bits per heavy atom. The van der Waals surface area contributed by atoms with Crippen LogP contribution in [0.1, 0.15) is 26.7 Å². The summed E-state index contributed by atoms with van der Waals surface area (Å²) in [5.41, 5.74) is -0.314. The zero-order valence-corrected chi connectivity index (χ0v) is 8.10. The molecule has 0 aliphatic carbocycles. The molecule has 0 radical (unpaired) electrons. The van der Waals surface area contributed by atoms with E-state index in [1.165, 1.54) is 0 Å². The van der Waals surface area contributed by atoms with Crippen LogP contribution in [-0.2, 0) is 9.53 Å². The van der Waals surface area contributed by atoms with Crippen LogP contribution in [0.15, 0.2) is 0 Å². The molecule has 0 aromatic carbocycles. The van der Waals surface area contributed by atoms with Crippen LogP contribution in [0.2, 0.25) is 0 Å². The summed E-state index contributed by atoms with van der Waals surface area (Å²) < 4.78 is 17.2. The van der Waals surface area contributed by atoms with Crippen molar-refractivity contribution < 1.29 is 13.9 Å². The predicted molar refractivity (Wildman–Crippen MR) is 47.2 cm³/mol. The number of nitrogens with one attached hydrogen (secondary N) is 1. The average molecular weight is 189 g/mol. The highest BCUT2D eigenvalue weighted by Crippen LogP contribution is 2.24. The third-order valence-corrected chi connectivity index (χ3v) is 2.38.